The maximum atomic E-state index is 12.2. The molecular weight excluding hydrogens is 270 g/mol. The Bertz CT molecular complexity index is 375. The Hall–Kier alpha value is -0.770. The Morgan fingerprint density at radius 2 is 2.50 bits per heavy atom. The molecule has 1 fully saturated rings. The molecule has 1 atom stereocenters. The Labute approximate surface area is 104 Å². The van der Waals surface area contributed by atoms with Crippen LogP contribution in [0.2, 0.25) is 0 Å². The zero-order valence-corrected chi connectivity index (χ0v) is 11.0. The molecule has 1 unspecified atom stereocenters. The highest BCUT2D eigenvalue weighted by molar-refractivity contribution is 9.10. The summed E-state index contributed by atoms with van der Waals surface area (Å²) in [5, 5.41) is 0. The zero-order valence-electron chi connectivity index (χ0n) is 9.41. The molecule has 1 aliphatic heterocycles. The molecule has 16 heavy (non-hydrogen) atoms. The van der Waals surface area contributed by atoms with Crippen LogP contribution in [0.1, 0.15) is 36.5 Å². The summed E-state index contributed by atoms with van der Waals surface area (Å²) in [4.78, 5) is 14.1. The first-order valence-electron chi connectivity index (χ1n) is 5.74. The summed E-state index contributed by atoms with van der Waals surface area (Å²) < 4.78 is 5.64. The summed E-state index contributed by atoms with van der Waals surface area (Å²) in [7, 11) is 0. The molecule has 0 saturated carbocycles. The first-order valence-corrected chi connectivity index (χ1v) is 6.54. The van der Waals surface area contributed by atoms with E-state index in [0.717, 1.165) is 25.9 Å². The van der Waals surface area contributed by atoms with E-state index in [1.54, 1.807) is 12.3 Å². The molecule has 0 radical (unpaired) electrons. The lowest BCUT2D eigenvalue weighted by molar-refractivity contribution is 0.0669. The van der Waals surface area contributed by atoms with Crippen molar-refractivity contribution in [2.75, 3.05) is 13.1 Å². The van der Waals surface area contributed by atoms with Crippen molar-refractivity contribution in [3.05, 3.63) is 22.6 Å². The predicted molar refractivity (Wildman–Crippen MR) is 65.3 cm³/mol. The number of likely N-dealkylation sites (tertiary alicyclic amines) is 1. The van der Waals surface area contributed by atoms with Crippen LogP contribution in [0, 0.1) is 5.92 Å². The van der Waals surface area contributed by atoms with Crippen molar-refractivity contribution in [1.82, 2.24) is 4.90 Å². The van der Waals surface area contributed by atoms with E-state index in [1.807, 2.05) is 4.90 Å². The molecule has 88 valence electrons. The van der Waals surface area contributed by atoms with E-state index in [-0.39, 0.29) is 5.91 Å². The molecule has 0 spiro atoms. The van der Waals surface area contributed by atoms with Crippen LogP contribution in [0.5, 0.6) is 0 Å². The molecule has 0 aliphatic carbocycles. The van der Waals surface area contributed by atoms with Gasteiger partial charge in [-0.2, -0.15) is 0 Å². The van der Waals surface area contributed by atoms with Crippen LogP contribution in [0.25, 0.3) is 0 Å². The average Bonchev–Trinajstić information content (AvgIpc) is 2.74. The molecule has 1 saturated heterocycles. The second-order valence-electron chi connectivity index (χ2n) is 4.28. The quantitative estimate of drug-likeness (QED) is 0.835. The van der Waals surface area contributed by atoms with Gasteiger partial charge in [-0.05, 0) is 40.8 Å². The SMILES string of the molecule is CCC1CCCN(C(=O)c2ccoc2Br)C1. The summed E-state index contributed by atoms with van der Waals surface area (Å²) in [5.74, 6) is 0.738. The largest absolute Gasteiger partial charge is 0.457 e. The van der Waals surface area contributed by atoms with Gasteiger partial charge in [0, 0.05) is 13.1 Å². The molecular formula is C12H16BrNO2. The monoisotopic (exact) mass is 285 g/mol. The van der Waals surface area contributed by atoms with E-state index < -0.39 is 0 Å². The van der Waals surface area contributed by atoms with Crippen LogP contribution in [0.3, 0.4) is 0 Å². The minimum Gasteiger partial charge on any atom is -0.457 e. The normalized spacial score (nSPS) is 21.1. The molecule has 1 aliphatic rings. The second kappa shape index (κ2) is 5.04. The van der Waals surface area contributed by atoms with Crippen LogP contribution in [-0.4, -0.2) is 23.9 Å². The summed E-state index contributed by atoms with van der Waals surface area (Å²) in [5.41, 5.74) is 0.636. The third-order valence-corrected chi connectivity index (χ3v) is 3.85. The molecule has 0 bridgehead atoms. The first kappa shape index (κ1) is 11.7. The number of hydrogen-bond donors (Lipinski definition) is 0. The lowest BCUT2D eigenvalue weighted by Crippen LogP contribution is -2.39. The number of halogens is 1. The van der Waals surface area contributed by atoms with Gasteiger partial charge in [0.05, 0.1) is 11.8 Å². The van der Waals surface area contributed by atoms with Gasteiger partial charge in [0.2, 0.25) is 0 Å². The fourth-order valence-corrected chi connectivity index (χ4v) is 2.61. The maximum absolute atomic E-state index is 12.2. The van der Waals surface area contributed by atoms with E-state index >= 15 is 0 Å². The Balaban J connectivity index is 2.07. The number of rotatable bonds is 2. The topological polar surface area (TPSA) is 33.5 Å². The minimum atomic E-state index is 0.0822. The first-order chi connectivity index (χ1) is 7.72. The van der Waals surface area contributed by atoms with E-state index in [2.05, 4.69) is 22.9 Å². The van der Waals surface area contributed by atoms with Crippen molar-refractivity contribution in [1.29, 1.82) is 0 Å². The highest BCUT2D eigenvalue weighted by Gasteiger charge is 2.25. The van der Waals surface area contributed by atoms with Crippen LogP contribution in [0.15, 0.2) is 21.4 Å². The van der Waals surface area contributed by atoms with Crippen LogP contribution >= 0.6 is 15.9 Å². The van der Waals surface area contributed by atoms with Gasteiger partial charge in [0.1, 0.15) is 0 Å². The minimum absolute atomic E-state index is 0.0822. The molecule has 1 aromatic heterocycles. The molecule has 0 aromatic carbocycles. The highest BCUT2D eigenvalue weighted by Crippen LogP contribution is 2.24. The second-order valence-corrected chi connectivity index (χ2v) is 5.00. The van der Waals surface area contributed by atoms with Crippen molar-refractivity contribution in [2.24, 2.45) is 5.92 Å². The number of hydrogen-bond acceptors (Lipinski definition) is 2. The summed E-state index contributed by atoms with van der Waals surface area (Å²) in [6, 6.07) is 1.72. The fraction of sp³-hybridized carbons (Fsp3) is 0.583. The van der Waals surface area contributed by atoms with Gasteiger partial charge >= 0.3 is 0 Å². The Morgan fingerprint density at radius 3 is 3.12 bits per heavy atom. The standard InChI is InChI=1S/C12H16BrNO2/c1-2-9-4-3-6-14(8-9)12(15)10-5-7-16-11(10)13/h5,7,9H,2-4,6,8H2,1H3. The van der Waals surface area contributed by atoms with Crippen molar-refractivity contribution in [3.63, 3.8) is 0 Å². The van der Waals surface area contributed by atoms with Gasteiger partial charge in [-0.3, -0.25) is 4.79 Å². The molecule has 4 heteroatoms. The van der Waals surface area contributed by atoms with Crippen molar-refractivity contribution in [2.45, 2.75) is 26.2 Å². The maximum Gasteiger partial charge on any atom is 0.258 e. The van der Waals surface area contributed by atoms with Crippen molar-refractivity contribution >= 4 is 21.8 Å². The number of carbonyl (C=O) groups excluding carboxylic acids is 1. The lowest BCUT2D eigenvalue weighted by atomic mass is 9.95. The van der Waals surface area contributed by atoms with Crippen molar-refractivity contribution in [3.8, 4) is 0 Å². The molecule has 2 rings (SSSR count). The molecule has 0 N–H and O–H groups in total. The van der Waals surface area contributed by atoms with E-state index in [0.29, 0.717) is 16.2 Å². The summed E-state index contributed by atoms with van der Waals surface area (Å²) >= 11 is 3.25. The lowest BCUT2D eigenvalue weighted by Gasteiger charge is -2.32. The predicted octanol–water partition coefficient (Wildman–Crippen LogP) is 3.30. The molecule has 1 aromatic rings. The number of nitrogens with zero attached hydrogens (tertiary/aromatic N) is 1. The van der Waals surface area contributed by atoms with Gasteiger partial charge in [0.25, 0.3) is 5.91 Å². The Kier molecular flexibility index (Phi) is 3.69. The van der Waals surface area contributed by atoms with Crippen LogP contribution < -0.4 is 0 Å². The van der Waals surface area contributed by atoms with Crippen LogP contribution in [-0.2, 0) is 0 Å². The molecule has 1 amide bonds. The third-order valence-electron chi connectivity index (χ3n) is 3.23. The fourth-order valence-electron chi connectivity index (χ4n) is 2.20. The van der Waals surface area contributed by atoms with E-state index in [9.17, 15) is 4.79 Å². The van der Waals surface area contributed by atoms with Gasteiger partial charge in [0.15, 0.2) is 4.67 Å². The number of furan rings is 1. The van der Waals surface area contributed by atoms with Gasteiger partial charge in [-0.25, -0.2) is 0 Å². The average molecular weight is 286 g/mol. The van der Waals surface area contributed by atoms with E-state index in [4.69, 9.17) is 4.42 Å². The zero-order chi connectivity index (χ0) is 11.5. The summed E-state index contributed by atoms with van der Waals surface area (Å²) in [6.45, 7) is 3.94. The smallest absolute Gasteiger partial charge is 0.258 e. The van der Waals surface area contributed by atoms with Gasteiger partial charge in [-0.15, -0.1) is 0 Å². The highest BCUT2D eigenvalue weighted by atomic mass is 79.9. The van der Waals surface area contributed by atoms with E-state index in [1.165, 1.54) is 6.42 Å². The number of carbonyl (C=O) groups is 1. The van der Waals surface area contributed by atoms with Gasteiger partial charge < -0.3 is 9.32 Å². The Morgan fingerprint density at radius 1 is 1.69 bits per heavy atom. The van der Waals surface area contributed by atoms with Crippen molar-refractivity contribution < 1.29 is 9.21 Å². The van der Waals surface area contributed by atoms with Crippen LogP contribution in [0.4, 0.5) is 0 Å². The molecule has 3 nitrogen and oxygen atoms in total. The summed E-state index contributed by atoms with van der Waals surface area (Å²) in [6.07, 6.45) is 5.04. The molecule has 2 heterocycles. The third kappa shape index (κ3) is 2.32. The number of amides is 1. The van der Waals surface area contributed by atoms with Gasteiger partial charge in [-0.1, -0.05) is 13.3 Å². The number of piperidine rings is 1.